The molecule has 2 aromatic carbocycles. The highest BCUT2D eigenvalue weighted by atomic mass is 35.5. The molecule has 7 heteroatoms. The zero-order valence-corrected chi connectivity index (χ0v) is 18.6. The summed E-state index contributed by atoms with van der Waals surface area (Å²) in [6, 6.07) is 14.6. The summed E-state index contributed by atoms with van der Waals surface area (Å²) in [6.07, 6.45) is 1.58. The van der Waals surface area contributed by atoms with Crippen LogP contribution in [0.5, 0.6) is 0 Å². The van der Waals surface area contributed by atoms with Gasteiger partial charge >= 0.3 is 0 Å². The summed E-state index contributed by atoms with van der Waals surface area (Å²) in [7, 11) is 0. The third kappa shape index (κ3) is 4.19. The molecule has 2 amide bonds. The van der Waals surface area contributed by atoms with Crippen molar-refractivity contribution in [2.24, 2.45) is 0 Å². The lowest BCUT2D eigenvalue weighted by Crippen LogP contribution is -2.27. The van der Waals surface area contributed by atoms with Crippen molar-refractivity contribution in [2.75, 3.05) is 0 Å². The first-order valence-corrected chi connectivity index (χ1v) is 10.8. The molecule has 1 aliphatic heterocycles. The van der Waals surface area contributed by atoms with Crippen LogP contribution in [0.15, 0.2) is 57.9 Å². The molecule has 0 N–H and O–H groups in total. The summed E-state index contributed by atoms with van der Waals surface area (Å²) in [5.74, 6) is 0.693. The Morgan fingerprint density at radius 3 is 2.57 bits per heavy atom. The quantitative estimate of drug-likeness (QED) is 0.391. The van der Waals surface area contributed by atoms with Gasteiger partial charge in [-0.15, -0.1) is 0 Å². The van der Waals surface area contributed by atoms with Gasteiger partial charge in [-0.05, 0) is 67.1 Å². The Morgan fingerprint density at radius 2 is 1.83 bits per heavy atom. The molecule has 0 bridgehead atoms. The Morgan fingerprint density at radius 1 is 1.03 bits per heavy atom. The average Bonchev–Trinajstić information content (AvgIpc) is 3.24. The highest BCUT2D eigenvalue weighted by Gasteiger charge is 2.35. The number of carbonyl (C=O) groups is 2. The van der Waals surface area contributed by atoms with Gasteiger partial charge < -0.3 is 4.42 Å². The highest BCUT2D eigenvalue weighted by molar-refractivity contribution is 8.18. The van der Waals surface area contributed by atoms with E-state index >= 15 is 0 Å². The molecule has 30 heavy (non-hydrogen) atoms. The molecule has 2 heterocycles. The molecule has 0 saturated carbocycles. The van der Waals surface area contributed by atoms with Gasteiger partial charge in [0.05, 0.1) is 16.5 Å². The fourth-order valence-corrected chi connectivity index (χ4v) is 4.54. The molecular weight excluding hydrogens is 441 g/mol. The van der Waals surface area contributed by atoms with Crippen LogP contribution in [0.25, 0.3) is 17.4 Å². The Labute approximate surface area is 188 Å². The van der Waals surface area contributed by atoms with Crippen LogP contribution in [-0.4, -0.2) is 16.0 Å². The van der Waals surface area contributed by atoms with Crippen molar-refractivity contribution in [1.29, 1.82) is 0 Å². The Kier molecular flexibility index (Phi) is 5.78. The molecule has 152 valence electrons. The second kappa shape index (κ2) is 8.34. The minimum atomic E-state index is -0.326. The molecule has 1 fully saturated rings. The van der Waals surface area contributed by atoms with E-state index in [4.69, 9.17) is 27.6 Å². The molecule has 0 atom stereocenters. The standard InChI is InChI=1S/C23H17Cl2NO3S/c1-13-3-4-15(14(2)9-13)12-26-22(27)21(30-23(26)28)11-17-6-8-20(29-17)18-7-5-16(24)10-19(18)25/h3-11H,12H2,1-2H3. The van der Waals surface area contributed by atoms with Crippen LogP contribution in [0, 0.1) is 13.8 Å². The maximum Gasteiger partial charge on any atom is 0.293 e. The molecule has 1 saturated heterocycles. The van der Waals surface area contributed by atoms with E-state index in [1.54, 1.807) is 36.4 Å². The lowest BCUT2D eigenvalue weighted by molar-refractivity contribution is -0.123. The zero-order chi connectivity index (χ0) is 21.4. The topological polar surface area (TPSA) is 50.5 Å². The highest BCUT2D eigenvalue weighted by Crippen LogP contribution is 2.36. The van der Waals surface area contributed by atoms with Gasteiger partial charge in [0.25, 0.3) is 11.1 Å². The molecule has 1 aliphatic rings. The number of rotatable bonds is 4. The van der Waals surface area contributed by atoms with Crippen LogP contribution in [0.1, 0.15) is 22.5 Å². The van der Waals surface area contributed by atoms with Crippen LogP contribution in [-0.2, 0) is 11.3 Å². The predicted molar refractivity (Wildman–Crippen MR) is 122 cm³/mol. The maximum atomic E-state index is 12.8. The molecule has 4 nitrogen and oxygen atoms in total. The van der Waals surface area contributed by atoms with Crippen molar-refractivity contribution in [3.8, 4) is 11.3 Å². The van der Waals surface area contributed by atoms with Crippen LogP contribution < -0.4 is 0 Å². The number of benzene rings is 2. The van der Waals surface area contributed by atoms with Gasteiger partial charge in [0.15, 0.2) is 0 Å². The van der Waals surface area contributed by atoms with E-state index in [1.807, 2.05) is 32.0 Å². The summed E-state index contributed by atoms with van der Waals surface area (Å²) in [4.78, 5) is 26.8. The van der Waals surface area contributed by atoms with Crippen molar-refractivity contribution in [3.63, 3.8) is 0 Å². The van der Waals surface area contributed by atoms with Crippen LogP contribution >= 0.6 is 35.0 Å². The van der Waals surface area contributed by atoms with Gasteiger partial charge in [0, 0.05) is 16.7 Å². The SMILES string of the molecule is Cc1ccc(CN2C(=O)SC(=Cc3ccc(-c4ccc(Cl)cc4Cl)o3)C2=O)c(C)c1. The van der Waals surface area contributed by atoms with E-state index in [1.165, 1.54) is 4.90 Å². The molecule has 1 aromatic heterocycles. The molecule has 0 spiro atoms. The van der Waals surface area contributed by atoms with E-state index in [-0.39, 0.29) is 17.7 Å². The van der Waals surface area contributed by atoms with E-state index in [2.05, 4.69) is 0 Å². The number of amides is 2. The fourth-order valence-electron chi connectivity index (χ4n) is 3.22. The van der Waals surface area contributed by atoms with E-state index < -0.39 is 0 Å². The monoisotopic (exact) mass is 457 g/mol. The summed E-state index contributed by atoms with van der Waals surface area (Å²) >= 11 is 13.1. The number of thioether (sulfide) groups is 1. The van der Waals surface area contributed by atoms with Crippen molar-refractivity contribution in [2.45, 2.75) is 20.4 Å². The van der Waals surface area contributed by atoms with E-state index in [0.717, 1.165) is 28.5 Å². The summed E-state index contributed by atoms with van der Waals surface area (Å²) in [5.41, 5.74) is 3.83. The number of aryl methyl sites for hydroxylation is 2. The molecule has 0 radical (unpaired) electrons. The minimum Gasteiger partial charge on any atom is -0.457 e. The minimum absolute atomic E-state index is 0.248. The first kappa shape index (κ1) is 20.8. The Hall–Kier alpha value is -2.47. The smallest absolute Gasteiger partial charge is 0.293 e. The van der Waals surface area contributed by atoms with Crippen LogP contribution in [0.4, 0.5) is 4.79 Å². The summed E-state index contributed by atoms with van der Waals surface area (Å²) in [5, 5.41) is 0.712. The average molecular weight is 458 g/mol. The van der Waals surface area contributed by atoms with E-state index in [9.17, 15) is 9.59 Å². The van der Waals surface area contributed by atoms with Gasteiger partial charge in [0.2, 0.25) is 0 Å². The second-order valence-corrected chi connectivity index (χ2v) is 8.86. The maximum absolute atomic E-state index is 12.8. The summed E-state index contributed by atoms with van der Waals surface area (Å²) < 4.78 is 5.82. The Balaban J connectivity index is 1.56. The van der Waals surface area contributed by atoms with Crippen molar-refractivity contribution in [1.82, 2.24) is 4.90 Å². The van der Waals surface area contributed by atoms with Crippen LogP contribution in [0.3, 0.4) is 0 Å². The lowest BCUT2D eigenvalue weighted by Gasteiger charge is -2.14. The van der Waals surface area contributed by atoms with Gasteiger partial charge in [0.1, 0.15) is 11.5 Å². The zero-order valence-electron chi connectivity index (χ0n) is 16.2. The number of halogens is 2. The number of nitrogens with zero attached hydrogens (tertiary/aromatic N) is 1. The van der Waals surface area contributed by atoms with Crippen molar-refractivity contribution < 1.29 is 14.0 Å². The lowest BCUT2D eigenvalue weighted by atomic mass is 10.1. The first-order chi connectivity index (χ1) is 14.3. The second-order valence-electron chi connectivity index (χ2n) is 7.02. The van der Waals surface area contributed by atoms with E-state index in [0.29, 0.717) is 32.0 Å². The van der Waals surface area contributed by atoms with Crippen LogP contribution in [0.2, 0.25) is 10.0 Å². The number of furan rings is 1. The van der Waals surface area contributed by atoms with Crippen molar-refractivity contribution in [3.05, 3.63) is 85.9 Å². The van der Waals surface area contributed by atoms with Crippen molar-refractivity contribution >= 4 is 52.2 Å². The number of imide groups is 1. The van der Waals surface area contributed by atoms with Gasteiger partial charge in [-0.25, -0.2) is 0 Å². The number of hydrogen-bond acceptors (Lipinski definition) is 4. The number of hydrogen-bond donors (Lipinski definition) is 0. The van der Waals surface area contributed by atoms with Gasteiger partial charge in [-0.2, -0.15) is 0 Å². The molecular formula is C23H17Cl2NO3S. The molecule has 0 unspecified atom stereocenters. The Bertz CT molecular complexity index is 1200. The third-order valence-electron chi connectivity index (χ3n) is 4.80. The predicted octanol–water partition coefficient (Wildman–Crippen LogP) is 7.11. The molecule has 4 rings (SSSR count). The normalized spacial score (nSPS) is 15.5. The largest absolute Gasteiger partial charge is 0.457 e. The third-order valence-corrected chi connectivity index (χ3v) is 6.25. The summed E-state index contributed by atoms with van der Waals surface area (Å²) in [6.45, 7) is 4.23. The number of carbonyl (C=O) groups excluding carboxylic acids is 2. The molecule has 0 aliphatic carbocycles. The van der Waals surface area contributed by atoms with Gasteiger partial charge in [-0.3, -0.25) is 14.5 Å². The fraction of sp³-hybridized carbons (Fsp3) is 0.130. The van der Waals surface area contributed by atoms with Gasteiger partial charge in [-0.1, -0.05) is 47.0 Å². The molecule has 3 aromatic rings. The first-order valence-electron chi connectivity index (χ1n) is 9.18.